The van der Waals surface area contributed by atoms with Crippen molar-refractivity contribution in [2.45, 2.75) is 32.0 Å². The fourth-order valence-corrected chi connectivity index (χ4v) is 3.95. The molecular weight excluding hydrogens is 406 g/mol. The van der Waals surface area contributed by atoms with Gasteiger partial charge in [-0.1, -0.05) is 41.9 Å². The number of methoxy groups -OCH3 is 1. The minimum Gasteiger partial charge on any atom is -0.496 e. The van der Waals surface area contributed by atoms with Gasteiger partial charge in [0.2, 0.25) is 5.91 Å². The average molecular weight is 432 g/mol. The Bertz CT molecular complexity index is 907. The summed E-state index contributed by atoms with van der Waals surface area (Å²) < 4.78 is 5.33. The van der Waals surface area contributed by atoms with Crippen LogP contribution in [0.5, 0.6) is 5.75 Å². The second-order valence-electron chi connectivity index (χ2n) is 7.37. The van der Waals surface area contributed by atoms with Crippen LogP contribution in [0.15, 0.2) is 42.5 Å². The lowest BCUT2D eigenvalue weighted by Gasteiger charge is -2.22. The van der Waals surface area contributed by atoms with E-state index in [4.69, 9.17) is 16.3 Å². The van der Waals surface area contributed by atoms with Crippen molar-refractivity contribution in [2.24, 2.45) is 0 Å². The maximum Gasteiger partial charge on any atom is 0.255 e. The van der Waals surface area contributed by atoms with Gasteiger partial charge in [0.25, 0.3) is 5.91 Å². The summed E-state index contributed by atoms with van der Waals surface area (Å²) in [5, 5.41) is 15.7. The normalized spacial score (nSPS) is 18.8. The number of carbonyl (C=O) groups excluding carboxylic acids is 2. The molecule has 1 heterocycles. The molecule has 0 aliphatic carbocycles. The number of halogens is 1. The van der Waals surface area contributed by atoms with E-state index in [0.717, 1.165) is 5.56 Å². The molecule has 2 amide bonds. The number of hydrogen-bond acceptors (Lipinski definition) is 5. The van der Waals surface area contributed by atoms with Gasteiger partial charge in [0.15, 0.2) is 0 Å². The van der Waals surface area contributed by atoms with Crippen LogP contribution >= 0.6 is 11.6 Å². The predicted molar refractivity (Wildman–Crippen MR) is 116 cm³/mol. The van der Waals surface area contributed by atoms with E-state index in [1.165, 1.54) is 26.2 Å². The Morgan fingerprint density at radius 1 is 1.27 bits per heavy atom. The summed E-state index contributed by atoms with van der Waals surface area (Å²) in [5.74, 6) is -0.263. The van der Waals surface area contributed by atoms with Crippen molar-refractivity contribution in [1.82, 2.24) is 10.2 Å². The lowest BCUT2D eigenvalue weighted by atomic mass is 10.1. The molecular formula is C22H26ClN3O4. The van der Waals surface area contributed by atoms with Gasteiger partial charge < -0.3 is 20.5 Å². The molecule has 0 radical (unpaired) electrons. The van der Waals surface area contributed by atoms with Crippen LogP contribution in [-0.4, -0.2) is 54.2 Å². The average Bonchev–Trinajstić information content (AvgIpc) is 3.10. The van der Waals surface area contributed by atoms with Crippen LogP contribution in [-0.2, 0) is 11.3 Å². The number of nitrogens with zero attached hydrogens (tertiary/aromatic N) is 1. The van der Waals surface area contributed by atoms with Gasteiger partial charge >= 0.3 is 0 Å². The van der Waals surface area contributed by atoms with Crippen molar-refractivity contribution in [3.63, 3.8) is 0 Å². The molecule has 0 aromatic heterocycles. The third-order valence-corrected chi connectivity index (χ3v) is 5.46. The minimum absolute atomic E-state index is 0.0249. The summed E-state index contributed by atoms with van der Waals surface area (Å²) in [6.45, 7) is 2.74. The summed E-state index contributed by atoms with van der Waals surface area (Å²) >= 11 is 6.23. The van der Waals surface area contributed by atoms with E-state index in [9.17, 15) is 14.7 Å². The van der Waals surface area contributed by atoms with Gasteiger partial charge in [-0.05, 0) is 18.1 Å². The first-order chi connectivity index (χ1) is 14.4. The van der Waals surface area contributed by atoms with Crippen LogP contribution < -0.4 is 15.4 Å². The van der Waals surface area contributed by atoms with E-state index in [-0.39, 0.29) is 35.5 Å². The molecule has 30 heavy (non-hydrogen) atoms. The zero-order valence-electron chi connectivity index (χ0n) is 17.0. The number of amides is 2. The lowest BCUT2D eigenvalue weighted by Crippen LogP contribution is -2.37. The molecule has 8 heteroatoms. The quantitative estimate of drug-likeness (QED) is 0.627. The molecule has 1 fully saturated rings. The highest BCUT2D eigenvalue weighted by atomic mass is 35.5. The van der Waals surface area contributed by atoms with Crippen LogP contribution in [0.2, 0.25) is 5.02 Å². The number of aliphatic hydroxyl groups is 1. The zero-order valence-corrected chi connectivity index (χ0v) is 17.8. The Labute approximate surface area is 181 Å². The number of rotatable bonds is 7. The predicted octanol–water partition coefficient (Wildman–Crippen LogP) is 2.67. The smallest absolute Gasteiger partial charge is 0.255 e. The van der Waals surface area contributed by atoms with Gasteiger partial charge in [0, 0.05) is 38.2 Å². The van der Waals surface area contributed by atoms with Crippen molar-refractivity contribution in [3.05, 3.63) is 58.6 Å². The molecule has 1 aliphatic heterocycles. The van der Waals surface area contributed by atoms with Gasteiger partial charge in [-0.2, -0.15) is 0 Å². The highest BCUT2D eigenvalue weighted by Crippen LogP contribution is 2.31. The van der Waals surface area contributed by atoms with Crippen LogP contribution in [0, 0.1) is 0 Å². The lowest BCUT2D eigenvalue weighted by molar-refractivity contribution is -0.114. The topological polar surface area (TPSA) is 90.9 Å². The second kappa shape index (κ2) is 9.93. The van der Waals surface area contributed by atoms with E-state index in [0.29, 0.717) is 36.5 Å². The van der Waals surface area contributed by atoms with E-state index in [1.807, 2.05) is 30.3 Å². The molecule has 0 spiro atoms. The second-order valence-corrected chi connectivity index (χ2v) is 7.78. The molecule has 2 atom stereocenters. The maximum absolute atomic E-state index is 12.9. The molecule has 2 aromatic carbocycles. The van der Waals surface area contributed by atoms with Crippen LogP contribution in [0.3, 0.4) is 0 Å². The number of benzene rings is 2. The number of likely N-dealkylation sites (tertiary alicyclic amines) is 1. The van der Waals surface area contributed by atoms with Crippen LogP contribution in [0.25, 0.3) is 0 Å². The number of anilines is 1. The summed E-state index contributed by atoms with van der Waals surface area (Å²) in [6, 6.07) is 12.9. The number of ether oxygens (including phenoxy) is 1. The number of nitrogens with one attached hydrogen (secondary N) is 2. The fourth-order valence-electron chi connectivity index (χ4n) is 3.74. The Kier molecular flexibility index (Phi) is 7.31. The van der Waals surface area contributed by atoms with Crippen molar-refractivity contribution in [1.29, 1.82) is 0 Å². The molecule has 1 saturated heterocycles. The van der Waals surface area contributed by atoms with Crippen molar-refractivity contribution < 1.29 is 19.4 Å². The molecule has 3 N–H and O–H groups in total. The summed E-state index contributed by atoms with van der Waals surface area (Å²) in [6.07, 6.45) is 0.648. The highest BCUT2D eigenvalue weighted by Gasteiger charge is 2.33. The van der Waals surface area contributed by atoms with Crippen LogP contribution in [0.1, 0.15) is 29.3 Å². The molecule has 0 saturated carbocycles. The van der Waals surface area contributed by atoms with Crippen LogP contribution in [0.4, 0.5) is 5.69 Å². The summed E-state index contributed by atoms with van der Waals surface area (Å²) in [7, 11) is 1.45. The number of hydrogen-bond donors (Lipinski definition) is 3. The minimum atomic E-state index is -0.314. The van der Waals surface area contributed by atoms with Crippen molar-refractivity contribution in [2.75, 3.05) is 25.6 Å². The van der Waals surface area contributed by atoms with Gasteiger partial charge in [-0.25, -0.2) is 0 Å². The van der Waals surface area contributed by atoms with E-state index in [2.05, 4.69) is 15.5 Å². The Hall–Kier alpha value is -2.61. The first-order valence-electron chi connectivity index (χ1n) is 9.76. The summed E-state index contributed by atoms with van der Waals surface area (Å²) in [4.78, 5) is 26.4. The molecule has 1 aliphatic rings. The molecule has 160 valence electrons. The van der Waals surface area contributed by atoms with Crippen molar-refractivity contribution >= 4 is 29.1 Å². The Morgan fingerprint density at radius 3 is 2.63 bits per heavy atom. The van der Waals surface area contributed by atoms with Gasteiger partial charge in [0.05, 0.1) is 30.0 Å². The number of carbonyl (C=O) groups is 2. The summed E-state index contributed by atoms with van der Waals surface area (Å²) in [5.41, 5.74) is 1.83. The van der Waals surface area contributed by atoms with Gasteiger partial charge in [-0.15, -0.1) is 0 Å². The first kappa shape index (κ1) is 22.1. The maximum atomic E-state index is 12.9. The van der Waals surface area contributed by atoms with E-state index in [1.54, 1.807) is 0 Å². The third kappa shape index (κ3) is 5.30. The largest absolute Gasteiger partial charge is 0.496 e. The molecule has 0 bridgehead atoms. The van der Waals surface area contributed by atoms with Gasteiger partial charge in [0.1, 0.15) is 5.75 Å². The molecule has 0 unspecified atom stereocenters. The zero-order chi connectivity index (χ0) is 21.7. The SMILES string of the molecule is COc1cc(NC(C)=O)c(Cl)cc1C(=O)N[C@H]1C[C@@H](CO)N(Cc2ccccc2)C1. The van der Waals surface area contributed by atoms with Crippen molar-refractivity contribution in [3.8, 4) is 5.75 Å². The third-order valence-electron chi connectivity index (χ3n) is 5.15. The molecule has 3 rings (SSSR count). The molecule has 7 nitrogen and oxygen atoms in total. The monoisotopic (exact) mass is 431 g/mol. The van der Waals surface area contributed by atoms with E-state index < -0.39 is 0 Å². The standard InChI is InChI=1S/C22H26ClN3O4/c1-14(28)24-20-10-21(30-2)18(9-19(20)23)22(29)25-16-8-17(13-27)26(12-16)11-15-6-4-3-5-7-15/h3-7,9-10,16-17,27H,8,11-13H2,1-2H3,(H,24,28)(H,25,29)/t16-,17-/m0/s1. The van der Waals surface area contributed by atoms with E-state index >= 15 is 0 Å². The Morgan fingerprint density at radius 2 is 2.00 bits per heavy atom. The number of aliphatic hydroxyl groups excluding tert-OH is 1. The van der Waals surface area contributed by atoms with Gasteiger partial charge in [-0.3, -0.25) is 14.5 Å². The first-order valence-corrected chi connectivity index (χ1v) is 10.1. The fraction of sp³-hybridized carbons (Fsp3) is 0.364. The highest BCUT2D eigenvalue weighted by molar-refractivity contribution is 6.34. The Balaban J connectivity index is 1.71. The molecule has 2 aromatic rings.